The Balaban J connectivity index is 0.000000652. The van der Waals surface area contributed by atoms with Crippen molar-refractivity contribution in [1.29, 1.82) is 0 Å². The summed E-state index contributed by atoms with van der Waals surface area (Å²) in [6.45, 7) is 7.17. The lowest BCUT2D eigenvalue weighted by molar-refractivity contribution is -0.136. The van der Waals surface area contributed by atoms with Crippen molar-refractivity contribution >= 4 is 50.0 Å². The van der Waals surface area contributed by atoms with Crippen molar-refractivity contribution in [1.82, 2.24) is 19.7 Å². The Morgan fingerprint density at radius 1 is 1.02 bits per heavy atom. The number of benzene rings is 3. The summed E-state index contributed by atoms with van der Waals surface area (Å²) in [5.41, 5.74) is 7.46. The average Bonchev–Trinajstić information content (AvgIpc) is 3.49. The summed E-state index contributed by atoms with van der Waals surface area (Å²) in [7, 11) is 1.93. The van der Waals surface area contributed by atoms with Crippen molar-refractivity contribution in [2.45, 2.75) is 39.7 Å². The predicted octanol–water partition coefficient (Wildman–Crippen LogP) is 7.95. The van der Waals surface area contributed by atoms with Crippen LogP contribution < -0.4 is 0 Å². The number of thiazole rings is 1. The molecule has 6 aromatic rings. The molecule has 6 rings (SSSR count). The van der Waals surface area contributed by atoms with Crippen LogP contribution in [0, 0.1) is 6.92 Å². The van der Waals surface area contributed by atoms with Gasteiger partial charge >= 0.3 is 5.97 Å². The van der Waals surface area contributed by atoms with E-state index in [0.29, 0.717) is 5.02 Å². The Hall–Kier alpha value is -4.11. The van der Waals surface area contributed by atoms with Crippen LogP contribution in [-0.2, 0) is 18.3 Å². The van der Waals surface area contributed by atoms with Crippen LogP contribution in [0.15, 0.2) is 72.9 Å². The number of hydrogen-bond donors (Lipinski definition) is 2. The number of aliphatic carboxylic acids is 1. The number of carboxylic acids is 1. The lowest BCUT2D eigenvalue weighted by Crippen LogP contribution is -2.10. The van der Waals surface area contributed by atoms with Crippen LogP contribution in [0.3, 0.4) is 0 Å². The van der Waals surface area contributed by atoms with Crippen molar-refractivity contribution in [2.75, 3.05) is 0 Å². The van der Waals surface area contributed by atoms with Gasteiger partial charge in [0.1, 0.15) is 10.7 Å². The van der Waals surface area contributed by atoms with Gasteiger partial charge < -0.3 is 10.2 Å². The van der Waals surface area contributed by atoms with Gasteiger partial charge in [-0.2, -0.15) is 5.10 Å². The van der Waals surface area contributed by atoms with Crippen molar-refractivity contribution < 1.29 is 15.0 Å². The number of rotatable bonds is 5. The van der Waals surface area contributed by atoms with E-state index < -0.39 is 11.6 Å². The van der Waals surface area contributed by atoms with Crippen LogP contribution in [0.4, 0.5) is 0 Å². The number of pyridine rings is 1. The van der Waals surface area contributed by atoms with E-state index in [0.717, 1.165) is 65.3 Å². The van der Waals surface area contributed by atoms with Gasteiger partial charge in [-0.05, 0) is 92.9 Å². The zero-order valence-corrected chi connectivity index (χ0v) is 25.6. The fourth-order valence-electron chi connectivity index (χ4n) is 4.75. The van der Waals surface area contributed by atoms with Gasteiger partial charge in [-0.25, -0.2) is 4.98 Å². The smallest absolute Gasteiger partial charge is 0.307 e. The van der Waals surface area contributed by atoms with E-state index in [4.69, 9.17) is 26.8 Å². The second-order valence-electron chi connectivity index (χ2n) is 11.1. The lowest BCUT2D eigenvalue weighted by Gasteiger charge is -2.13. The van der Waals surface area contributed by atoms with Crippen LogP contribution in [0.5, 0.6) is 0 Å². The van der Waals surface area contributed by atoms with E-state index >= 15 is 0 Å². The molecule has 3 heterocycles. The highest BCUT2D eigenvalue weighted by molar-refractivity contribution is 7.22. The molecular formula is C33H31ClN4O3S. The number of halogens is 1. The van der Waals surface area contributed by atoms with Gasteiger partial charge in [0.05, 0.1) is 33.4 Å². The molecule has 0 saturated heterocycles. The SMILES string of the molecule is CC(C)(C)O.Cc1cc2nc(-c3ccc4c(c3)c(-c3ccccn3)nn4C)sc2c(-c2ccc(Cl)cc2)c1CC(=O)O. The van der Waals surface area contributed by atoms with Crippen molar-refractivity contribution in [3.63, 3.8) is 0 Å². The average molecular weight is 599 g/mol. The van der Waals surface area contributed by atoms with Crippen LogP contribution in [0.25, 0.3) is 54.2 Å². The highest BCUT2D eigenvalue weighted by atomic mass is 35.5. The Morgan fingerprint density at radius 3 is 2.36 bits per heavy atom. The van der Waals surface area contributed by atoms with Crippen LogP contribution in [0.2, 0.25) is 5.02 Å². The van der Waals surface area contributed by atoms with E-state index in [1.165, 1.54) is 0 Å². The Kier molecular flexibility index (Phi) is 8.14. The van der Waals surface area contributed by atoms with Gasteiger partial charge in [0.25, 0.3) is 0 Å². The molecule has 0 bridgehead atoms. The maximum absolute atomic E-state index is 11.8. The third kappa shape index (κ3) is 6.36. The number of nitrogens with zero attached hydrogens (tertiary/aromatic N) is 4. The maximum atomic E-state index is 11.8. The topological polar surface area (TPSA) is 101 Å². The summed E-state index contributed by atoms with van der Waals surface area (Å²) in [4.78, 5) is 21.2. The standard InChI is InChI=1S/C29H21ClN4O2S.C4H10O/c1-16-13-23-28(26(20(16)15-25(35)36)17-6-9-19(30)10-7-17)37-29(32-23)18-8-11-24-21(14-18)27(33-34(24)2)22-5-3-4-12-31-22;1-4(2,3)5/h3-14H,15H2,1-2H3,(H,35,36);5H,1-3H3. The summed E-state index contributed by atoms with van der Waals surface area (Å²) in [6, 6.07) is 21.5. The third-order valence-corrected chi connectivity index (χ3v) is 7.87. The molecule has 9 heteroatoms. The molecule has 0 atom stereocenters. The molecule has 7 nitrogen and oxygen atoms in total. The molecule has 3 aromatic heterocycles. The third-order valence-electron chi connectivity index (χ3n) is 6.48. The first-order valence-electron chi connectivity index (χ1n) is 13.4. The molecular weight excluding hydrogens is 568 g/mol. The van der Waals surface area contributed by atoms with E-state index in [2.05, 4.69) is 23.2 Å². The fourth-order valence-corrected chi connectivity index (χ4v) is 6.01. The molecule has 0 unspecified atom stereocenters. The van der Waals surface area contributed by atoms with Crippen LogP contribution in [-0.4, -0.2) is 41.5 Å². The number of hydrogen-bond acceptors (Lipinski definition) is 6. The predicted molar refractivity (Wildman–Crippen MR) is 171 cm³/mol. The largest absolute Gasteiger partial charge is 0.481 e. The number of aryl methyl sites for hydroxylation is 2. The maximum Gasteiger partial charge on any atom is 0.307 e. The van der Waals surface area contributed by atoms with Crippen LogP contribution >= 0.6 is 22.9 Å². The summed E-state index contributed by atoms with van der Waals surface area (Å²) in [5, 5.41) is 25.4. The molecule has 0 amide bonds. The number of aromatic nitrogens is 4. The molecule has 0 aliphatic rings. The van der Waals surface area contributed by atoms with Gasteiger partial charge in [-0.15, -0.1) is 11.3 Å². The number of carbonyl (C=O) groups is 1. The first-order chi connectivity index (χ1) is 19.9. The van der Waals surface area contributed by atoms with Crippen LogP contribution in [0.1, 0.15) is 31.9 Å². The van der Waals surface area contributed by atoms with E-state index in [-0.39, 0.29) is 6.42 Å². The van der Waals surface area contributed by atoms with Gasteiger partial charge in [-0.3, -0.25) is 14.5 Å². The van der Waals surface area contributed by atoms with Gasteiger partial charge in [0.15, 0.2) is 0 Å². The molecule has 214 valence electrons. The summed E-state index contributed by atoms with van der Waals surface area (Å²) >= 11 is 7.71. The second kappa shape index (κ2) is 11.6. The summed E-state index contributed by atoms with van der Waals surface area (Å²) < 4.78 is 2.82. The molecule has 3 aromatic carbocycles. The first-order valence-corrected chi connectivity index (χ1v) is 14.6. The molecule has 0 aliphatic heterocycles. The van der Waals surface area contributed by atoms with Gasteiger partial charge in [0, 0.05) is 34.8 Å². The molecule has 0 aliphatic carbocycles. The van der Waals surface area contributed by atoms with Gasteiger partial charge in [0.2, 0.25) is 0 Å². The summed E-state index contributed by atoms with van der Waals surface area (Å²) in [5.74, 6) is -0.869. The number of carboxylic acid groups (broad SMARTS) is 1. The monoisotopic (exact) mass is 598 g/mol. The first kappa shape index (κ1) is 29.4. The quantitative estimate of drug-likeness (QED) is 0.209. The molecule has 0 saturated carbocycles. The highest BCUT2D eigenvalue weighted by Crippen LogP contribution is 2.42. The van der Waals surface area contributed by atoms with Crippen molar-refractivity contribution in [3.8, 4) is 33.1 Å². The fraction of sp³-hybridized carbons (Fsp3) is 0.212. The minimum absolute atomic E-state index is 0.0674. The zero-order chi connectivity index (χ0) is 30.2. The minimum Gasteiger partial charge on any atom is -0.481 e. The minimum atomic E-state index is -0.869. The normalized spacial score (nSPS) is 11.5. The Morgan fingerprint density at radius 2 is 1.71 bits per heavy atom. The molecule has 0 radical (unpaired) electrons. The van der Waals surface area contributed by atoms with E-state index in [9.17, 15) is 9.90 Å². The number of fused-ring (bicyclic) bond motifs is 2. The van der Waals surface area contributed by atoms with Crippen molar-refractivity contribution in [3.05, 3.63) is 89.1 Å². The lowest BCUT2D eigenvalue weighted by atomic mass is 9.93. The molecule has 42 heavy (non-hydrogen) atoms. The highest BCUT2D eigenvalue weighted by Gasteiger charge is 2.20. The Labute approximate surface area is 253 Å². The number of aliphatic hydroxyl groups is 1. The second-order valence-corrected chi connectivity index (χ2v) is 12.5. The zero-order valence-electron chi connectivity index (χ0n) is 24.0. The van der Waals surface area contributed by atoms with E-state index in [1.54, 1.807) is 38.3 Å². The molecule has 0 spiro atoms. The van der Waals surface area contributed by atoms with Gasteiger partial charge in [-0.1, -0.05) is 29.8 Å². The van der Waals surface area contributed by atoms with Crippen molar-refractivity contribution in [2.24, 2.45) is 7.05 Å². The summed E-state index contributed by atoms with van der Waals surface area (Å²) in [6.07, 6.45) is 1.70. The molecule has 0 fully saturated rings. The Bertz CT molecular complexity index is 1900. The molecule has 2 N–H and O–H groups in total. The van der Waals surface area contributed by atoms with E-state index in [1.807, 2.05) is 67.2 Å².